The van der Waals surface area contributed by atoms with Crippen molar-refractivity contribution in [3.05, 3.63) is 45.0 Å². The fourth-order valence-corrected chi connectivity index (χ4v) is 4.54. The third-order valence-corrected chi connectivity index (χ3v) is 5.89. The van der Waals surface area contributed by atoms with E-state index >= 15 is 0 Å². The van der Waals surface area contributed by atoms with Gasteiger partial charge in [0.05, 0.1) is 22.2 Å². The van der Waals surface area contributed by atoms with Crippen LogP contribution in [0.1, 0.15) is 38.5 Å². The van der Waals surface area contributed by atoms with Crippen molar-refractivity contribution < 1.29 is 9.72 Å². The van der Waals surface area contributed by atoms with E-state index in [4.69, 9.17) is 0 Å². The van der Waals surface area contributed by atoms with Crippen LogP contribution in [0, 0.1) is 16.0 Å². The molecule has 0 N–H and O–H groups in total. The number of rotatable bonds is 3. The molecule has 1 amide bonds. The van der Waals surface area contributed by atoms with Gasteiger partial charge in [0, 0.05) is 24.7 Å². The minimum Gasteiger partial charge on any atom is -0.338 e. The highest BCUT2D eigenvalue weighted by atomic mass is 16.6. The van der Waals surface area contributed by atoms with Crippen LogP contribution < -0.4 is 5.56 Å². The van der Waals surface area contributed by atoms with E-state index < -0.39 is 4.92 Å². The van der Waals surface area contributed by atoms with Gasteiger partial charge in [0.25, 0.3) is 11.2 Å². The fraction of sp³-hybridized carbons (Fsp3) is 0.526. The number of likely N-dealkylation sites (tertiary alicyclic amines) is 1. The lowest BCUT2D eigenvalue weighted by atomic mass is 9.78. The number of nitro groups is 1. The Morgan fingerprint density at radius 1 is 1.22 bits per heavy atom. The summed E-state index contributed by atoms with van der Waals surface area (Å²) in [5.41, 5.74) is -0.191. The summed E-state index contributed by atoms with van der Waals surface area (Å²) in [5, 5.41) is 11.2. The van der Waals surface area contributed by atoms with Gasteiger partial charge in [0.15, 0.2) is 0 Å². The monoisotopic (exact) mass is 370 g/mol. The molecule has 0 bridgehead atoms. The summed E-state index contributed by atoms with van der Waals surface area (Å²) in [6.45, 7) is 0.712. The second-order valence-corrected chi connectivity index (χ2v) is 7.48. The van der Waals surface area contributed by atoms with Gasteiger partial charge in [0.2, 0.25) is 5.91 Å². The maximum atomic E-state index is 12.9. The van der Waals surface area contributed by atoms with Gasteiger partial charge < -0.3 is 4.90 Å². The summed E-state index contributed by atoms with van der Waals surface area (Å²) in [5.74, 6) is 0.542. The van der Waals surface area contributed by atoms with Crippen LogP contribution in [0.15, 0.2) is 29.3 Å². The van der Waals surface area contributed by atoms with E-state index in [1.807, 2.05) is 4.90 Å². The van der Waals surface area contributed by atoms with Gasteiger partial charge in [-0.1, -0.05) is 12.8 Å². The Kier molecular flexibility index (Phi) is 4.63. The zero-order chi connectivity index (χ0) is 19.0. The van der Waals surface area contributed by atoms with Crippen molar-refractivity contribution >= 4 is 22.5 Å². The average molecular weight is 370 g/mol. The molecule has 2 atom stereocenters. The van der Waals surface area contributed by atoms with Crippen LogP contribution in [0.25, 0.3) is 10.9 Å². The van der Waals surface area contributed by atoms with Crippen LogP contribution in [0.3, 0.4) is 0 Å². The number of non-ortho nitro benzene ring substituents is 1. The van der Waals surface area contributed by atoms with E-state index in [9.17, 15) is 19.7 Å². The number of piperidine rings is 1. The largest absolute Gasteiger partial charge is 0.338 e. The molecule has 1 aromatic carbocycles. The minimum absolute atomic E-state index is 0.0397. The molecule has 1 saturated heterocycles. The van der Waals surface area contributed by atoms with Crippen molar-refractivity contribution in [2.45, 2.75) is 51.1 Å². The molecule has 1 aromatic heterocycles. The van der Waals surface area contributed by atoms with Crippen molar-refractivity contribution in [2.24, 2.45) is 5.92 Å². The van der Waals surface area contributed by atoms with Crippen molar-refractivity contribution in [3.63, 3.8) is 0 Å². The van der Waals surface area contributed by atoms with Crippen LogP contribution in [0.2, 0.25) is 0 Å². The normalized spacial score (nSPS) is 22.4. The average Bonchev–Trinajstić information content (AvgIpc) is 2.69. The molecule has 1 aliphatic carbocycles. The van der Waals surface area contributed by atoms with E-state index in [1.165, 1.54) is 48.4 Å². The maximum Gasteiger partial charge on any atom is 0.271 e. The van der Waals surface area contributed by atoms with Crippen LogP contribution in [-0.4, -0.2) is 37.9 Å². The smallest absolute Gasteiger partial charge is 0.271 e. The Hall–Kier alpha value is -2.77. The molecule has 2 aliphatic rings. The number of hydrogen-bond donors (Lipinski definition) is 0. The lowest BCUT2D eigenvalue weighted by Gasteiger charge is -2.44. The van der Waals surface area contributed by atoms with Crippen LogP contribution in [-0.2, 0) is 11.3 Å². The highest BCUT2D eigenvalue weighted by molar-refractivity contribution is 5.81. The predicted octanol–water partition coefficient (Wildman–Crippen LogP) is 2.49. The Morgan fingerprint density at radius 3 is 2.81 bits per heavy atom. The first-order valence-electron chi connectivity index (χ1n) is 9.47. The van der Waals surface area contributed by atoms with Crippen LogP contribution >= 0.6 is 0 Å². The summed E-state index contributed by atoms with van der Waals surface area (Å²) < 4.78 is 1.31. The zero-order valence-corrected chi connectivity index (χ0v) is 15.0. The first-order chi connectivity index (χ1) is 13.0. The standard InChI is InChI=1S/C19H22N4O4/c24-18(22-9-3-5-13-4-1-2-6-17(13)22)11-21-12-20-16-10-14(23(26)27)7-8-15(16)19(21)25/h7-8,10,12-13,17H,1-6,9,11H2. The second kappa shape index (κ2) is 7.09. The molecule has 0 spiro atoms. The Morgan fingerprint density at radius 2 is 2.00 bits per heavy atom. The summed E-state index contributed by atoms with van der Waals surface area (Å²) in [6.07, 6.45) is 8.14. The molecule has 1 saturated carbocycles. The van der Waals surface area contributed by atoms with Gasteiger partial charge >= 0.3 is 0 Å². The van der Waals surface area contributed by atoms with E-state index in [0.29, 0.717) is 12.0 Å². The van der Waals surface area contributed by atoms with Gasteiger partial charge in [0.1, 0.15) is 6.54 Å². The lowest BCUT2D eigenvalue weighted by Crippen LogP contribution is -2.51. The van der Waals surface area contributed by atoms with Crippen molar-refractivity contribution in [1.29, 1.82) is 0 Å². The third-order valence-electron chi connectivity index (χ3n) is 5.89. The minimum atomic E-state index is -0.521. The first kappa shape index (κ1) is 17.6. The van der Waals surface area contributed by atoms with Crippen molar-refractivity contribution in [3.8, 4) is 0 Å². The number of carbonyl (C=O) groups excluding carboxylic acids is 1. The number of nitro benzene ring substituents is 1. The third kappa shape index (κ3) is 3.31. The lowest BCUT2D eigenvalue weighted by molar-refractivity contribution is -0.384. The molecule has 8 nitrogen and oxygen atoms in total. The second-order valence-electron chi connectivity index (χ2n) is 7.48. The van der Waals surface area contributed by atoms with Gasteiger partial charge in [-0.15, -0.1) is 0 Å². The van der Waals surface area contributed by atoms with E-state index in [0.717, 1.165) is 25.8 Å². The molecule has 2 aromatic rings. The topological polar surface area (TPSA) is 98.3 Å². The van der Waals surface area contributed by atoms with Crippen molar-refractivity contribution in [2.75, 3.05) is 6.54 Å². The molecular formula is C19H22N4O4. The predicted molar refractivity (Wildman–Crippen MR) is 99.4 cm³/mol. The molecule has 1 aliphatic heterocycles. The molecule has 2 heterocycles. The Bertz CT molecular complexity index is 952. The number of amides is 1. The molecule has 2 fully saturated rings. The number of carbonyl (C=O) groups is 1. The van der Waals surface area contributed by atoms with E-state index in [-0.39, 0.29) is 34.6 Å². The van der Waals surface area contributed by atoms with E-state index in [2.05, 4.69) is 4.98 Å². The number of hydrogen-bond acceptors (Lipinski definition) is 5. The molecule has 4 rings (SSSR count). The Balaban J connectivity index is 1.58. The summed E-state index contributed by atoms with van der Waals surface area (Å²) in [6, 6.07) is 4.27. The maximum absolute atomic E-state index is 12.9. The fourth-order valence-electron chi connectivity index (χ4n) is 4.54. The Labute approximate surface area is 156 Å². The number of nitrogens with zero attached hydrogens (tertiary/aromatic N) is 4. The highest BCUT2D eigenvalue weighted by Gasteiger charge is 2.35. The first-order valence-corrected chi connectivity index (χ1v) is 9.47. The summed E-state index contributed by atoms with van der Waals surface area (Å²) >= 11 is 0. The number of fused-ring (bicyclic) bond motifs is 2. The molecule has 2 unspecified atom stereocenters. The molecule has 0 radical (unpaired) electrons. The molecule has 8 heteroatoms. The van der Waals surface area contributed by atoms with Gasteiger partial charge in [-0.25, -0.2) is 4.98 Å². The number of benzene rings is 1. The zero-order valence-electron chi connectivity index (χ0n) is 15.0. The van der Waals surface area contributed by atoms with E-state index in [1.54, 1.807) is 0 Å². The SMILES string of the molecule is O=C(Cn1cnc2cc([N+](=O)[O-])ccc2c1=O)N1CCCC2CCCCC21. The molecular weight excluding hydrogens is 348 g/mol. The highest BCUT2D eigenvalue weighted by Crippen LogP contribution is 2.35. The van der Waals surface area contributed by atoms with Crippen molar-refractivity contribution in [1.82, 2.24) is 14.5 Å². The van der Waals surface area contributed by atoms with Gasteiger partial charge in [-0.05, 0) is 37.7 Å². The van der Waals surface area contributed by atoms with Crippen LogP contribution in [0.4, 0.5) is 5.69 Å². The summed E-state index contributed by atoms with van der Waals surface area (Å²) in [7, 11) is 0. The van der Waals surface area contributed by atoms with Gasteiger partial charge in [-0.3, -0.25) is 24.3 Å². The molecule has 27 heavy (non-hydrogen) atoms. The summed E-state index contributed by atoms with van der Waals surface area (Å²) in [4.78, 5) is 42.1. The quantitative estimate of drug-likeness (QED) is 0.611. The molecule has 142 valence electrons. The van der Waals surface area contributed by atoms with Gasteiger partial charge in [-0.2, -0.15) is 0 Å². The number of aromatic nitrogens is 2. The van der Waals surface area contributed by atoms with Crippen LogP contribution in [0.5, 0.6) is 0 Å².